The molecule has 3 atom stereocenters. The Labute approximate surface area is 93.0 Å². The third-order valence-electron chi connectivity index (χ3n) is 4.02. The van der Waals surface area contributed by atoms with Gasteiger partial charge in [0.25, 0.3) is 0 Å². The molecule has 0 aromatic rings. The highest BCUT2D eigenvalue weighted by molar-refractivity contribution is 4.90. The molecule has 3 unspecified atom stereocenters. The second-order valence-electron chi connectivity index (χ2n) is 4.86. The molecule has 0 bridgehead atoms. The first kappa shape index (κ1) is 11.4. The summed E-state index contributed by atoms with van der Waals surface area (Å²) in [6.07, 6.45) is 5.64. The molecule has 0 aromatic carbocycles. The van der Waals surface area contributed by atoms with E-state index in [-0.39, 0.29) is 0 Å². The van der Waals surface area contributed by atoms with Crippen molar-refractivity contribution in [3.63, 3.8) is 0 Å². The van der Waals surface area contributed by atoms with Crippen LogP contribution in [-0.2, 0) is 4.74 Å². The molecule has 2 rings (SSSR count). The quantitative estimate of drug-likeness (QED) is 0.745. The van der Waals surface area contributed by atoms with E-state index in [1.165, 1.54) is 25.7 Å². The van der Waals surface area contributed by atoms with Crippen LogP contribution in [0.2, 0.25) is 0 Å². The Hall–Kier alpha value is -0.120. The number of nitrogens with two attached hydrogens (primary N) is 1. The van der Waals surface area contributed by atoms with Crippen molar-refractivity contribution in [1.29, 1.82) is 0 Å². The fourth-order valence-electron chi connectivity index (χ4n) is 2.86. The lowest BCUT2D eigenvalue weighted by molar-refractivity contribution is 0.0161. The Kier molecular flexibility index (Phi) is 4.00. The summed E-state index contributed by atoms with van der Waals surface area (Å²) in [5, 5.41) is 0. The molecule has 15 heavy (non-hydrogen) atoms. The van der Waals surface area contributed by atoms with E-state index in [2.05, 4.69) is 11.8 Å². The fourth-order valence-corrected chi connectivity index (χ4v) is 2.86. The minimum Gasteiger partial charge on any atom is -0.377 e. The molecule has 1 heterocycles. The molecule has 3 nitrogen and oxygen atoms in total. The second kappa shape index (κ2) is 5.28. The molecule has 2 aliphatic rings. The monoisotopic (exact) mass is 212 g/mol. The van der Waals surface area contributed by atoms with Crippen molar-refractivity contribution in [2.75, 3.05) is 26.2 Å². The maximum atomic E-state index is 5.77. The zero-order chi connectivity index (χ0) is 10.7. The lowest BCUT2D eigenvalue weighted by Crippen LogP contribution is -2.51. The highest BCUT2D eigenvalue weighted by atomic mass is 16.5. The summed E-state index contributed by atoms with van der Waals surface area (Å²) in [4.78, 5) is 2.58. The maximum absolute atomic E-state index is 5.77. The minimum absolute atomic E-state index is 0.490. The van der Waals surface area contributed by atoms with Crippen LogP contribution < -0.4 is 5.73 Å². The van der Waals surface area contributed by atoms with Crippen LogP contribution in [-0.4, -0.2) is 43.3 Å². The molecule has 3 heteroatoms. The summed E-state index contributed by atoms with van der Waals surface area (Å²) < 4.78 is 5.70. The zero-order valence-electron chi connectivity index (χ0n) is 9.82. The molecule has 2 fully saturated rings. The summed E-state index contributed by atoms with van der Waals surface area (Å²) in [6, 6.07) is 0.740. The number of nitrogens with zero attached hydrogens (tertiary/aromatic N) is 1. The molecule has 0 radical (unpaired) electrons. The third-order valence-corrected chi connectivity index (χ3v) is 4.02. The Bertz CT molecular complexity index is 190. The summed E-state index contributed by atoms with van der Waals surface area (Å²) in [5.74, 6) is 0.742. The minimum atomic E-state index is 0.490. The smallest absolute Gasteiger partial charge is 0.0702 e. The average molecular weight is 212 g/mol. The Morgan fingerprint density at radius 3 is 2.67 bits per heavy atom. The predicted octanol–water partition coefficient (Wildman–Crippen LogP) is 1.22. The van der Waals surface area contributed by atoms with E-state index in [9.17, 15) is 0 Å². The molecule has 1 aliphatic heterocycles. The van der Waals surface area contributed by atoms with E-state index in [1.54, 1.807) is 0 Å². The van der Waals surface area contributed by atoms with Crippen LogP contribution >= 0.6 is 0 Å². The summed E-state index contributed by atoms with van der Waals surface area (Å²) in [6.45, 7) is 6.33. The van der Waals surface area contributed by atoms with Crippen molar-refractivity contribution in [3.05, 3.63) is 0 Å². The molecular formula is C12H24N2O. The van der Waals surface area contributed by atoms with E-state index < -0.39 is 0 Å². The molecule has 1 aliphatic carbocycles. The van der Waals surface area contributed by atoms with Gasteiger partial charge < -0.3 is 10.5 Å². The standard InChI is InChI=1S/C12H24N2O/c1-2-14(9-11-4-3-7-15-11)12-6-5-10(12)8-13/h10-12H,2-9,13H2,1H3. The predicted molar refractivity (Wildman–Crippen MR) is 61.8 cm³/mol. The Balaban J connectivity index is 1.81. The van der Waals surface area contributed by atoms with Crippen LogP contribution in [0.1, 0.15) is 32.6 Å². The highest BCUT2D eigenvalue weighted by Gasteiger charge is 2.35. The van der Waals surface area contributed by atoms with Gasteiger partial charge in [0.1, 0.15) is 0 Å². The molecular weight excluding hydrogens is 188 g/mol. The van der Waals surface area contributed by atoms with Crippen molar-refractivity contribution in [2.45, 2.75) is 44.8 Å². The summed E-state index contributed by atoms with van der Waals surface area (Å²) >= 11 is 0. The van der Waals surface area contributed by atoms with Gasteiger partial charge in [0.2, 0.25) is 0 Å². The van der Waals surface area contributed by atoms with Gasteiger partial charge in [-0.05, 0) is 44.7 Å². The van der Waals surface area contributed by atoms with Gasteiger partial charge in [-0.15, -0.1) is 0 Å². The Morgan fingerprint density at radius 1 is 1.33 bits per heavy atom. The van der Waals surface area contributed by atoms with Crippen LogP contribution in [0.25, 0.3) is 0 Å². The maximum Gasteiger partial charge on any atom is 0.0702 e. The largest absolute Gasteiger partial charge is 0.377 e. The molecule has 88 valence electrons. The van der Waals surface area contributed by atoms with Gasteiger partial charge in [-0.1, -0.05) is 6.92 Å². The van der Waals surface area contributed by atoms with Gasteiger partial charge in [0, 0.05) is 19.2 Å². The van der Waals surface area contributed by atoms with Gasteiger partial charge in [-0.2, -0.15) is 0 Å². The van der Waals surface area contributed by atoms with Crippen LogP contribution in [0.15, 0.2) is 0 Å². The lowest BCUT2D eigenvalue weighted by Gasteiger charge is -2.44. The number of ether oxygens (including phenoxy) is 1. The van der Waals surface area contributed by atoms with Gasteiger partial charge in [0.15, 0.2) is 0 Å². The van der Waals surface area contributed by atoms with Crippen LogP contribution in [0.3, 0.4) is 0 Å². The van der Waals surface area contributed by atoms with Crippen LogP contribution in [0.5, 0.6) is 0 Å². The molecule has 0 spiro atoms. The Morgan fingerprint density at radius 2 is 2.20 bits per heavy atom. The van der Waals surface area contributed by atoms with Crippen LogP contribution in [0.4, 0.5) is 0 Å². The van der Waals surface area contributed by atoms with Gasteiger partial charge in [-0.25, -0.2) is 0 Å². The number of likely N-dealkylation sites (N-methyl/N-ethyl adjacent to an activating group) is 1. The van der Waals surface area contributed by atoms with Crippen LogP contribution in [0, 0.1) is 5.92 Å². The van der Waals surface area contributed by atoms with Crippen molar-refractivity contribution < 1.29 is 4.74 Å². The first-order valence-electron chi connectivity index (χ1n) is 6.40. The number of hydrogen-bond donors (Lipinski definition) is 1. The van der Waals surface area contributed by atoms with E-state index in [0.717, 1.165) is 38.2 Å². The molecule has 2 N–H and O–H groups in total. The molecule has 1 saturated carbocycles. The zero-order valence-corrected chi connectivity index (χ0v) is 9.82. The van der Waals surface area contributed by atoms with Crippen molar-refractivity contribution in [1.82, 2.24) is 4.90 Å². The van der Waals surface area contributed by atoms with Gasteiger partial charge in [0.05, 0.1) is 6.10 Å². The van der Waals surface area contributed by atoms with Gasteiger partial charge in [-0.3, -0.25) is 4.90 Å². The first-order valence-corrected chi connectivity index (χ1v) is 6.40. The molecule has 0 amide bonds. The number of rotatable bonds is 5. The molecule has 1 saturated heterocycles. The highest BCUT2D eigenvalue weighted by Crippen LogP contribution is 2.31. The van der Waals surface area contributed by atoms with Crippen molar-refractivity contribution in [2.24, 2.45) is 11.7 Å². The van der Waals surface area contributed by atoms with E-state index >= 15 is 0 Å². The lowest BCUT2D eigenvalue weighted by atomic mass is 9.78. The van der Waals surface area contributed by atoms with E-state index in [4.69, 9.17) is 10.5 Å². The SMILES string of the molecule is CCN(CC1CCCO1)C1CCC1CN. The second-order valence-corrected chi connectivity index (χ2v) is 4.86. The van der Waals surface area contributed by atoms with Crippen molar-refractivity contribution in [3.8, 4) is 0 Å². The third kappa shape index (κ3) is 2.52. The summed E-state index contributed by atoms with van der Waals surface area (Å²) in [7, 11) is 0. The van der Waals surface area contributed by atoms with E-state index in [1.807, 2.05) is 0 Å². The summed E-state index contributed by atoms with van der Waals surface area (Å²) in [5.41, 5.74) is 5.77. The first-order chi connectivity index (χ1) is 7.35. The topological polar surface area (TPSA) is 38.5 Å². The van der Waals surface area contributed by atoms with E-state index in [0.29, 0.717) is 6.10 Å². The average Bonchev–Trinajstić information content (AvgIpc) is 2.68. The normalized spacial score (nSPS) is 35.8. The fraction of sp³-hybridized carbons (Fsp3) is 1.00. The number of hydrogen-bond acceptors (Lipinski definition) is 3. The van der Waals surface area contributed by atoms with Gasteiger partial charge >= 0.3 is 0 Å². The molecule has 0 aromatic heterocycles. The van der Waals surface area contributed by atoms with Crippen molar-refractivity contribution >= 4 is 0 Å².